The number of rotatable bonds is 8. The predicted octanol–water partition coefficient (Wildman–Crippen LogP) is 3.53. The Morgan fingerprint density at radius 3 is 2.84 bits per heavy atom. The Kier molecular flexibility index (Phi) is 7.54. The number of ether oxygens (including phenoxy) is 3. The number of hydrogen-bond donors (Lipinski definition) is 1. The van der Waals surface area contributed by atoms with Crippen molar-refractivity contribution in [2.45, 2.75) is 49.6 Å². The van der Waals surface area contributed by atoms with Gasteiger partial charge in [0.15, 0.2) is 12.1 Å². The molecule has 2 aliphatic heterocycles. The Bertz CT molecular complexity index is 1280. The van der Waals surface area contributed by atoms with Crippen molar-refractivity contribution in [2.24, 2.45) is 5.11 Å². The van der Waals surface area contributed by atoms with Crippen molar-refractivity contribution in [1.29, 1.82) is 0 Å². The second kappa shape index (κ2) is 11.2. The molecule has 2 fully saturated rings. The molecule has 0 bridgehead atoms. The number of carbonyl (C=O) groups is 1. The van der Waals surface area contributed by atoms with Crippen LogP contribution in [0.25, 0.3) is 21.7 Å². The zero-order chi connectivity index (χ0) is 25.8. The minimum absolute atomic E-state index is 0.0606. The number of carbonyl (C=O) groups excluding carboxylic acids is 1. The minimum atomic E-state index is -1.31. The van der Waals surface area contributed by atoms with Gasteiger partial charge in [-0.05, 0) is 24.1 Å². The average molecular weight is 509 g/mol. The SMILES string of the molecule is [N-]=[N+]=NCCCC(=O)[C@@H]1O[C@@H]2COC(c3ccccc3)O[C@@H]2[C@H](n2cc(-c3cccc(F)c3)nn2)[C@H]1O. The quantitative estimate of drug-likeness (QED) is 0.212. The number of ketones is 1. The standard InChI is InChI=1S/C25H25FN6O5/c26-17-9-4-8-16(12-17)18-13-32(31-29-18)21-22(34)23(19(33)10-5-11-28-30-27)36-20-14-35-25(37-24(20)21)15-6-2-1-3-7-15/h1-4,6-9,12-13,20-25,34H,5,10-11,14H2/t20-,21-,22-,23+,24+,25?/m1/s1. The maximum atomic E-state index is 13.8. The number of Topliss-reactive ketones (excluding diaryl/α,β-unsaturated/α-hetero) is 1. The minimum Gasteiger partial charge on any atom is -0.388 e. The van der Waals surface area contributed by atoms with Crippen LogP contribution in [0.15, 0.2) is 65.9 Å². The molecule has 2 saturated heterocycles. The van der Waals surface area contributed by atoms with Crippen LogP contribution in [0.5, 0.6) is 0 Å². The molecular formula is C25H25FN6O5. The second-order valence-electron chi connectivity index (χ2n) is 8.87. The zero-order valence-electron chi connectivity index (χ0n) is 19.7. The van der Waals surface area contributed by atoms with Gasteiger partial charge in [-0.2, -0.15) is 0 Å². The van der Waals surface area contributed by atoms with Gasteiger partial charge in [0.05, 0.1) is 12.8 Å². The number of aliphatic hydroxyl groups is 1. The number of benzene rings is 2. The Hall–Kier alpha value is -3.67. The van der Waals surface area contributed by atoms with Crippen molar-refractivity contribution in [3.8, 4) is 11.3 Å². The third-order valence-electron chi connectivity index (χ3n) is 6.45. The van der Waals surface area contributed by atoms with Crippen LogP contribution in [0.3, 0.4) is 0 Å². The molecule has 192 valence electrons. The number of azide groups is 1. The van der Waals surface area contributed by atoms with E-state index < -0.39 is 42.6 Å². The van der Waals surface area contributed by atoms with Gasteiger partial charge < -0.3 is 19.3 Å². The number of fused-ring (bicyclic) bond motifs is 1. The van der Waals surface area contributed by atoms with Crippen molar-refractivity contribution in [2.75, 3.05) is 13.2 Å². The van der Waals surface area contributed by atoms with Crippen molar-refractivity contribution < 1.29 is 28.5 Å². The highest BCUT2D eigenvalue weighted by Gasteiger charge is 2.52. The van der Waals surface area contributed by atoms with Gasteiger partial charge in [0.2, 0.25) is 0 Å². The molecule has 3 heterocycles. The normalized spacial score (nSPS) is 27.2. The van der Waals surface area contributed by atoms with Crippen LogP contribution in [0.1, 0.15) is 30.7 Å². The van der Waals surface area contributed by atoms with Gasteiger partial charge in [-0.3, -0.25) is 4.79 Å². The Labute approximate surface area is 211 Å². The first-order chi connectivity index (χ1) is 18.0. The van der Waals surface area contributed by atoms with Gasteiger partial charge in [0.25, 0.3) is 0 Å². The van der Waals surface area contributed by atoms with Crippen LogP contribution in [-0.2, 0) is 19.0 Å². The van der Waals surface area contributed by atoms with E-state index in [1.807, 2.05) is 30.3 Å². The van der Waals surface area contributed by atoms with Gasteiger partial charge in [-0.25, -0.2) is 9.07 Å². The summed E-state index contributed by atoms with van der Waals surface area (Å²) >= 11 is 0. The Morgan fingerprint density at radius 1 is 1.22 bits per heavy atom. The van der Waals surface area contributed by atoms with Gasteiger partial charge >= 0.3 is 0 Å². The number of hydrogen-bond acceptors (Lipinski definition) is 8. The molecule has 3 aromatic rings. The summed E-state index contributed by atoms with van der Waals surface area (Å²) in [6.45, 7) is 0.285. The van der Waals surface area contributed by atoms with Crippen LogP contribution in [0, 0.1) is 5.82 Å². The number of nitrogens with zero attached hydrogens (tertiary/aromatic N) is 6. The van der Waals surface area contributed by atoms with E-state index in [-0.39, 0.29) is 25.4 Å². The van der Waals surface area contributed by atoms with Crippen LogP contribution in [0.2, 0.25) is 0 Å². The van der Waals surface area contributed by atoms with E-state index in [1.54, 1.807) is 18.3 Å². The van der Waals surface area contributed by atoms with Gasteiger partial charge in [0, 0.05) is 29.0 Å². The summed E-state index contributed by atoms with van der Waals surface area (Å²) in [5.74, 6) is -0.747. The maximum Gasteiger partial charge on any atom is 0.184 e. The lowest BCUT2D eigenvalue weighted by molar-refractivity contribution is -0.312. The van der Waals surface area contributed by atoms with Crippen molar-refractivity contribution in [1.82, 2.24) is 15.0 Å². The molecule has 0 spiro atoms. The van der Waals surface area contributed by atoms with Gasteiger partial charge in [-0.15, -0.1) is 5.10 Å². The molecule has 37 heavy (non-hydrogen) atoms. The Balaban J connectivity index is 1.44. The lowest BCUT2D eigenvalue weighted by Gasteiger charge is -2.47. The highest BCUT2D eigenvalue weighted by Crippen LogP contribution is 2.40. The fourth-order valence-corrected chi connectivity index (χ4v) is 4.68. The third kappa shape index (κ3) is 5.38. The van der Waals surface area contributed by atoms with Crippen molar-refractivity contribution in [3.63, 3.8) is 0 Å². The van der Waals surface area contributed by atoms with Crippen LogP contribution in [0.4, 0.5) is 4.39 Å². The fraction of sp³-hybridized carbons (Fsp3) is 0.400. The van der Waals surface area contributed by atoms with Gasteiger partial charge in [0.1, 0.15) is 42.0 Å². The molecular weight excluding hydrogens is 483 g/mol. The molecule has 12 heteroatoms. The van der Waals surface area contributed by atoms with Crippen LogP contribution >= 0.6 is 0 Å². The smallest absolute Gasteiger partial charge is 0.184 e. The van der Waals surface area contributed by atoms with E-state index in [1.165, 1.54) is 16.8 Å². The van der Waals surface area contributed by atoms with E-state index in [0.29, 0.717) is 17.7 Å². The molecule has 1 N–H and O–H groups in total. The number of aromatic nitrogens is 3. The van der Waals surface area contributed by atoms with E-state index >= 15 is 0 Å². The molecule has 0 amide bonds. The summed E-state index contributed by atoms with van der Waals surface area (Å²) in [7, 11) is 0. The highest BCUT2D eigenvalue weighted by molar-refractivity contribution is 5.84. The molecule has 2 aromatic carbocycles. The molecule has 0 radical (unpaired) electrons. The summed E-state index contributed by atoms with van der Waals surface area (Å²) in [6, 6.07) is 14.5. The zero-order valence-corrected chi connectivity index (χ0v) is 19.7. The highest BCUT2D eigenvalue weighted by atomic mass is 19.1. The first kappa shape index (κ1) is 25.0. The largest absolute Gasteiger partial charge is 0.388 e. The third-order valence-corrected chi connectivity index (χ3v) is 6.45. The topological polar surface area (TPSA) is 144 Å². The molecule has 1 aromatic heterocycles. The first-order valence-electron chi connectivity index (χ1n) is 11.9. The first-order valence-corrected chi connectivity index (χ1v) is 11.9. The van der Waals surface area contributed by atoms with Gasteiger partial charge in [-0.1, -0.05) is 52.8 Å². The van der Waals surface area contributed by atoms with Crippen molar-refractivity contribution in [3.05, 3.63) is 82.6 Å². The summed E-state index contributed by atoms with van der Waals surface area (Å²) in [6.07, 6.45) is -2.60. The lowest BCUT2D eigenvalue weighted by Crippen LogP contribution is -2.61. The van der Waals surface area contributed by atoms with Crippen LogP contribution < -0.4 is 0 Å². The van der Waals surface area contributed by atoms with Crippen molar-refractivity contribution >= 4 is 5.78 Å². The molecule has 1 unspecified atom stereocenters. The molecule has 6 atom stereocenters. The summed E-state index contributed by atoms with van der Waals surface area (Å²) in [5, 5.41) is 23.2. The Morgan fingerprint density at radius 2 is 2.05 bits per heavy atom. The fourth-order valence-electron chi connectivity index (χ4n) is 4.68. The molecule has 2 aliphatic rings. The van der Waals surface area contributed by atoms with E-state index in [9.17, 15) is 14.3 Å². The molecule has 0 aliphatic carbocycles. The second-order valence-corrected chi connectivity index (χ2v) is 8.87. The van der Waals surface area contributed by atoms with E-state index in [0.717, 1.165) is 5.56 Å². The summed E-state index contributed by atoms with van der Waals surface area (Å²) < 4.78 is 33.4. The monoisotopic (exact) mass is 508 g/mol. The number of aliphatic hydroxyl groups excluding tert-OH is 1. The average Bonchev–Trinajstić information content (AvgIpc) is 3.41. The lowest BCUT2D eigenvalue weighted by atomic mass is 9.89. The molecule has 5 rings (SSSR count). The molecule has 0 saturated carbocycles. The maximum absolute atomic E-state index is 13.8. The predicted molar refractivity (Wildman–Crippen MR) is 127 cm³/mol. The van der Waals surface area contributed by atoms with E-state index in [4.69, 9.17) is 19.7 Å². The van der Waals surface area contributed by atoms with E-state index in [2.05, 4.69) is 20.3 Å². The number of halogens is 1. The molecule has 11 nitrogen and oxygen atoms in total. The van der Waals surface area contributed by atoms with Crippen LogP contribution in [-0.4, -0.2) is 63.5 Å². The summed E-state index contributed by atoms with van der Waals surface area (Å²) in [5.41, 5.74) is 10.2. The summed E-state index contributed by atoms with van der Waals surface area (Å²) in [4.78, 5) is 15.7.